The number of hydrogen-bond acceptors (Lipinski definition) is 5. The third-order valence-corrected chi connectivity index (χ3v) is 3.52. The van der Waals surface area contributed by atoms with Gasteiger partial charge in [-0.2, -0.15) is 0 Å². The van der Waals surface area contributed by atoms with E-state index in [-0.39, 0.29) is 0 Å². The molecule has 1 heterocycles. The fourth-order valence-corrected chi connectivity index (χ4v) is 2.53. The van der Waals surface area contributed by atoms with Gasteiger partial charge in [0, 0.05) is 30.5 Å². The summed E-state index contributed by atoms with van der Waals surface area (Å²) in [5, 5.41) is 3.52. The van der Waals surface area contributed by atoms with Crippen LogP contribution in [0.15, 0.2) is 12.1 Å². The lowest BCUT2D eigenvalue weighted by molar-refractivity contribution is 0.0232. The third-order valence-electron chi connectivity index (χ3n) is 3.52. The van der Waals surface area contributed by atoms with Crippen molar-refractivity contribution in [1.29, 1.82) is 0 Å². The highest BCUT2D eigenvalue weighted by Crippen LogP contribution is 2.40. The second kappa shape index (κ2) is 6.70. The first-order chi connectivity index (χ1) is 9.67. The molecule has 1 aromatic rings. The molecule has 2 unspecified atom stereocenters. The van der Waals surface area contributed by atoms with Crippen LogP contribution in [0, 0.1) is 0 Å². The molecule has 1 N–H and O–H groups in total. The van der Waals surface area contributed by atoms with E-state index in [0.29, 0.717) is 29.4 Å². The Kier molecular flexibility index (Phi) is 4.95. The van der Waals surface area contributed by atoms with Crippen molar-refractivity contribution >= 4 is 5.69 Å². The van der Waals surface area contributed by atoms with E-state index in [1.807, 2.05) is 12.1 Å². The third kappa shape index (κ3) is 3.28. The van der Waals surface area contributed by atoms with Gasteiger partial charge in [0.15, 0.2) is 11.5 Å². The molecule has 1 aliphatic rings. The van der Waals surface area contributed by atoms with Crippen molar-refractivity contribution < 1.29 is 18.9 Å². The Labute approximate surface area is 120 Å². The van der Waals surface area contributed by atoms with Gasteiger partial charge in [-0.3, -0.25) is 0 Å². The van der Waals surface area contributed by atoms with Crippen LogP contribution >= 0.6 is 0 Å². The number of nitrogens with one attached hydrogen (secondary N) is 1. The molecule has 0 spiro atoms. The summed E-state index contributed by atoms with van der Waals surface area (Å²) in [5.41, 5.74) is 0.971. The molecule has 1 saturated heterocycles. The minimum absolute atomic E-state index is 0.295. The molecule has 0 aromatic heterocycles. The number of methoxy groups -OCH3 is 3. The Balaban J connectivity index is 2.19. The van der Waals surface area contributed by atoms with E-state index in [1.165, 1.54) is 0 Å². The van der Waals surface area contributed by atoms with E-state index in [4.69, 9.17) is 18.9 Å². The molecule has 1 aliphatic heterocycles. The predicted octanol–water partition coefficient (Wildman–Crippen LogP) is 2.69. The predicted molar refractivity (Wildman–Crippen MR) is 78.2 cm³/mol. The molecule has 2 rings (SSSR count). The summed E-state index contributed by atoms with van der Waals surface area (Å²) in [5.74, 6) is 1.94. The van der Waals surface area contributed by atoms with Crippen molar-refractivity contribution in [2.45, 2.75) is 31.9 Å². The fourth-order valence-electron chi connectivity index (χ4n) is 2.53. The molecule has 0 aliphatic carbocycles. The van der Waals surface area contributed by atoms with Crippen LogP contribution in [0.25, 0.3) is 0 Å². The van der Waals surface area contributed by atoms with Crippen molar-refractivity contribution in [3.8, 4) is 17.2 Å². The summed E-state index contributed by atoms with van der Waals surface area (Å²) in [7, 11) is 4.85. The van der Waals surface area contributed by atoms with Crippen molar-refractivity contribution in [3.05, 3.63) is 12.1 Å². The second-order valence-corrected chi connectivity index (χ2v) is 4.96. The average molecular weight is 281 g/mol. The largest absolute Gasteiger partial charge is 0.493 e. The molecule has 5 heteroatoms. The molecule has 0 amide bonds. The van der Waals surface area contributed by atoms with E-state index < -0.39 is 0 Å². The van der Waals surface area contributed by atoms with E-state index >= 15 is 0 Å². The zero-order valence-electron chi connectivity index (χ0n) is 12.6. The topological polar surface area (TPSA) is 49.0 Å². The summed E-state index contributed by atoms with van der Waals surface area (Å²) in [6.07, 6.45) is 2.29. The van der Waals surface area contributed by atoms with Gasteiger partial charge < -0.3 is 24.3 Å². The fraction of sp³-hybridized carbons (Fsp3) is 0.600. The van der Waals surface area contributed by atoms with Crippen molar-refractivity contribution in [2.24, 2.45) is 0 Å². The summed E-state index contributed by atoms with van der Waals surface area (Å²) < 4.78 is 21.6. The Hall–Kier alpha value is -1.62. The molecular weight excluding hydrogens is 258 g/mol. The lowest BCUT2D eigenvalue weighted by Gasteiger charge is -2.29. The van der Waals surface area contributed by atoms with Crippen LogP contribution in [-0.4, -0.2) is 40.1 Å². The monoisotopic (exact) mass is 281 g/mol. The zero-order chi connectivity index (χ0) is 14.5. The Morgan fingerprint density at radius 2 is 1.75 bits per heavy atom. The quantitative estimate of drug-likeness (QED) is 0.899. The highest BCUT2D eigenvalue weighted by atomic mass is 16.5. The van der Waals surface area contributed by atoms with E-state index in [0.717, 1.165) is 25.1 Å². The summed E-state index contributed by atoms with van der Waals surface area (Å²) in [4.78, 5) is 0. The van der Waals surface area contributed by atoms with Crippen molar-refractivity contribution in [3.63, 3.8) is 0 Å². The highest BCUT2D eigenvalue weighted by Gasteiger charge is 2.20. The molecule has 20 heavy (non-hydrogen) atoms. The molecule has 2 atom stereocenters. The number of rotatable bonds is 5. The van der Waals surface area contributed by atoms with E-state index in [2.05, 4.69) is 12.2 Å². The molecule has 112 valence electrons. The molecule has 0 saturated carbocycles. The zero-order valence-corrected chi connectivity index (χ0v) is 12.6. The SMILES string of the molecule is COc1cc(NC2CCOC(C)C2)cc(OC)c1OC. The Morgan fingerprint density at radius 1 is 1.10 bits per heavy atom. The number of benzene rings is 1. The van der Waals surface area contributed by atoms with Gasteiger partial charge in [0.25, 0.3) is 0 Å². The normalized spacial score (nSPS) is 22.2. The van der Waals surface area contributed by atoms with E-state index in [1.54, 1.807) is 21.3 Å². The number of anilines is 1. The van der Waals surface area contributed by atoms with Crippen molar-refractivity contribution in [2.75, 3.05) is 33.3 Å². The van der Waals surface area contributed by atoms with Gasteiger partial charge in [-0.25, -0.2) is 0 Å². The Bertz CT molecular complexity index is 424. The number of hydrogen-bond donors (Lipinski definition) is 1. The Morgan fingerprint density at radius 3 is 2.25 bits per heavy atom. The minimum Gasteiger partial charge on any atom is -0.493 e. The molecule has 1 fully saturated rings. The van der Waals surface area contributed by atoms with Crippen LogP contribution in [0.3, 0.4) is 0 Å². The van der Waals surface area contributed by atoms with Crippen LogP contribution in [0.2, 0.25) is 0 Å². The van der Waals surface area contributed by atoms with Gasteiger partial charge in [-0.15, -0.1) is 0 Å². The van der Waals surface area contributed by atoms with Gasteiger partial charge in [-0.05, 0) is 19.8 Å². The van der Waals surface area contributed by atoms with Crippen LogP contribution in [0.1, 0.15) is 19.8 Å². The molecule has 5 nitrogen and oxygen atoms in total. The van der Waals surface area contributed by atoms with Crippen LogP contribution in [-0.2, 0) is 4.74 Å². The first kappa shape index (κ1) is 14.8. The van der Waals surface area contributed by atoms with Crippen molar-refractivity contribution in [1.82, 2.24) is 0 Å². The lowest BCUT2D eigenvalue weighted by Crippen LogP contribution is -2.32. The maximum Gasteiger partial charge on any atom is 0.203 e. The average Bonchev–Trinajstić information content (AvgIpc) is 2.46. The van der Waals surface area contributed by atoms with Crippen LogP contribution in [0.5, 0.6) is 17.2 Å². The van der Waals surface area contributed by atoms with Gasteiger partial charge in [-0.1, -0.05) is 0 Å². The van der Waals surface area contributed by atoms with Gasteiger partial charge >= 0.3 is 0 Å². The van der Waals surface area contributed by atoms with Crippen LogP contribution in [0.4, 0.5) is 5.69 Å². The van der Waals surface area contributed by atoms with E-state index in [9.17, 15) is 0 Å². The molecular formula is C15H23NO4. The standard InChI is InChI=1S/C15H23NO4/c1-10-7-11(5-6-20-10)16-12-8-13(17-2)15(19-4)14(9-12)18-3/h8-11,16H,5-7H2,1-4H3. The second-order valence-electron chi connectivity index (χ2n) is 4.96. The summed E-state index contributed by atoms with van der Waals surface area (Å²) in [6, 6.07) is 4.27. The van der Waals surface area contributed by atoms with Gasteiger partial charge in [0.05, 0.1) is 27.4 Å². The van der Waals surface area contributed by atoms with Gasteiger partial charge in [0.2, 0.25) is 5.75 Å². The first-order valence-corrected chi connectivity index (χ1v) is 6.86. The smallest absolute Gasteiger partial charge is 0.203 e. The molecule has 0 bridgehead atoms. The van der Waals surface area contributed by atoms with Gasteiger partial charge in [0.1, 0.15) is 0 Å². The summed E-state index contributed by atoms with van der Waals surface area (Å²) >= 11 is 0. The first-order valence-electron chi connectivity index (χ1n) is 6.86. The highest BCUT2D eigenvalue weighted by molar-refractivity contribution is 5.62. The molecule has 1 aromatic carbocycles. The molecule has 0 radical (unpaired) electrons. The maximum absolute atomic E-state index is 5.56. The minimum atomic E-state index is 0.295. The van der Waals surface area contributed by atoms with Crippen LogP contribution < -0.4 is 19.5 Å². The lowest BCUT2D eigenvalue weighted by atomic mass is 10.0. The maximum atomic E-state index is 5.56. The summed E-state index contributed by atoms with van der Waals surface area (Å²) in [6.45, 7) is 2.90. The number of ether oxygens (including phenoxy) is 4.